The Morgan fingerprint density at radius 1 is 0.981 bits per heavy atom. The molecule has 7 rings (SSSR count). The van der Waals surface area contributed by atoms with E-state index in [-0.39, 0.29) is 31.1 Å². The van der Waals surface area contributed by atoms with Crippen LogP contribution in [0.3, 0.4) is 0 Å². The van der Waals surface area contributed by atoms with Crippen LogP contribution in [0, 0.1) is 5.92 Å². The number of alkyl carbamates (subject to hydrolysis) is 1. The van der Waals surface area contributed by atoms with Gasteiger partial charge in [0.1, 0.15) is 41.1 Å². The van der Waals surface area contributed by atoms with Crippen LogP contribution in [-0.4, -0.2) is 70.9 Å². The Hall–Kier alpha value is -4.34. The highest BCUT2D eigenvalue weighted by Crippen LogP contribution is 2.71. The van der Waals surface area contributed by atoms with Crippen LogP contribution < -0.4 is 20.1 Å². The van der Waals surface area contributed by atoms with E-state index in [1.165, 1.54) is 4.90 Å². The van der Waals surface area contributed by atoms with E-state index in [0.717, 1.165) is 55.7 Å². The molecule has 2 aliphatic heterocycles. The SMILES string of the molecule is COc1ccc2c(O[C@@H]3C[C@H]4C(=O)N[C@]5(P(=O)(O)Cc6ccccc6)C[C@H]5C=CCCCCC[C@H](NC(=O)OC5CCCC5)C(=O)N4C3)cccc2c1. The van der Waals surface area contributed by atoms with Gasteiger partial charge in [-0.05, 0) is 86.6 Å². The molecule has 282 valence electrons. The summed E-state index contributed by atoms with van der Waals surface area (Å²) in [5.41, 5.74) is 0.713. The van der Waals surface area contributed by atoms with Gasteiger partial charge in [-0.3, -0.25) is 14.2 Å². The molecule has 3 aromatic carbocycles. The number of carbonyl (C=O) groups is 3. The number of nitrogens with one attached hydrogen (secondary N) is 2. The van der Waals surface area contributed by atoms with E-state index >= 15 is 0 Å². The van der Waals surface area contributed by atoms with E-state index < -0.39 is 48.7 Å². The summed E-state index contributed by atoms with van der Waals surface area (Å²) in [7, 11) is -2.39. The summed E-state index contributed by atoms with van der Waals surface area (Å²) in [5, 5.41) is 6.31. The van der Waals surface area contributed by atoms with Crippen molar-refractivity contribution in [3.8, 4) is 11.5 Å². The molecule has 1 saturated heterocycles. The summed E-state index contributed by atoms with van der Waals surface area (Å²) in [6, 6.07) is 18.6. The van der Waals surface area contributed by atoms with Crippen LogP contribution in [0.25, 0.3) is 10.8 Å². The average Bonchev–Trinajstić information content (AvgIpc) is 3.42. The van der Waals surface area contributed by atoms with Gasteiger partial charge in [0.05, 0.1) is 19.8 Å². The van der Waals surface area contributed by atoms with E-state index in [4.69, 9.17) is 14.2 Å². The molecule has 3 aromatic rings. The third-order valence-electron chi connectivity index (χ3n) is 11.3. The van der Waals surface area contributed by atoms with E-state index in [2.05, 4.69) is 10.6 Å². The van der Waals surface area contributed by atoms with Crippen molar-refractivity contribution in [2.75, 3.05) is 13.7 Å². The molecule has 11 nitrogen and oxygen atoms in total. The number of ether oxygens (including phenoxy) is 3. The minimum Gasteiger partial charge on any atom is -0.497 e. The lowest BCUT2D eigenvalue weighted by Crippen LogP contribution is -2.55. The van der Waals surface area contributed by atoms with Crippen molar-refractivity contribution in [1.82, 2.24) is 15.5 Å². The molecule has 0 bridgehead atoms. The number of amides is 3. The third kappa shape index (κ3) is 8.26. The number of hydrogen-bond acceptors (Lipinski definition) is 7. The first-order valence-electron chi connectivity index (χ1n) is 19.0. The molecule has 3 amide bonds. The number of carbonyl (C=O) groups excluding carboxylic acids is 3. The van der Waals surface area contributed by atoms with Gasteiger partial charge in [-0.1, -0.05) is 67.5 Å². The molecule has 4 aliphatic rings. The van der Waals surface area contributed by atoms with Crippen molar-refractivity contribution in [3.05, 3.63) is 84.4 Å². The zero-order valence-electron chi connectivity index (χ0n) is 30.3. The van der Waals surface area contributed by atoms with Gasteiger partial charge in [0.25, 0.3) is 0 Å². The first kappa shape index (κ1) is 37.0. The predicted molar refractivity (Wildman–Crippen MR) is 202 cm³/mol. The molecule has 53 heavy (non-hydrogen) atoms. The first-order valence-corrected chi connectivity index (χ1v) is 20.9. The molecule has 0 spiro atoms. The Kier molecular flexibility index (Phi) is 11.1. The molecular weight excluding hydrogens is 693 g/mol. The highest BCUT2D eigenvalue weighted by Gasteiger charge is 2.66. The highest BCUT2D eigenvalue weighted by molar-refractivity contribution is 7.59. The smallest absolute Gasteiger partial charge is 0.408 e. The van der Waals surface area contributed by atoms with E-state index in [0.29, 0.717) is 36.3 Å². The largest absolute Gasteiger partial charge is 0.497 e. The molecular formula is C41H50N3O8P. The lowest BCUT2D eigenvalue weighted by molar-refractivity contribution is -0.140. The molecule has 12 heteroatoms. The fourth-order valence-corrected chi connectivity index (χ4v) is 10.6. The second-order valence-corrected chi connectivity index (χ2v) is 17.5. The average molecular weight is 744 g/mol. The fourth-order valence-electron chi connectivity index (χ4n) is 8.26. The van der Waals surface area contributed by atoms with Gasteiger partial charge in [0.2, 0.25) is 19.2 Å². The van der Waals surface area contributed by atoms with Gasteiger partial charge in [-0.15, -0.1) is 0 Å². The molecule has 6 atom stereocenters. The Morgan fingerprint density at radius 3 is 2.57 bits per heavy atom. The van der Waals surface area contributed by atoms with Crippen molar-refractivity contribution >= 4 is 36.0 Å². The van der Waals surface area contributed by atoms with Crippen LogP contribution in [0.15, 0.2) is 78.9 Å². The van der Waals surface area contributed by atoms with Crippen LogP contribution in [0.2, 0.25) is 0 Å². The number of allylic oxidation sites excluding steroid dienone is 1. The maximum Gasteiger partial charge on any atom is 0.408 e. The van der Waals surface area contributed by atoms with E-state index in [1.807, 2.05) is 78.9 Å². The summed E-state index contributed by atoms with van der Waals surface area (Å²) in [5.74, 6) is 0.0956. The Labute approximate surface area is 310 Å². The number of hydrogen-bond donors (Lipinski definition) is 3. The van der Waals surface area contributed by atoms with Gasteiger partial charge < -0.3 is 34.6 Å². The maximum absolute atomic E-state index is 14.6. The van der Waals surface area contributed by atoms with Gasteiger partial charge in [0.15, 0.2) is 0 Å². The molecule has 3 N–H and O–H groups in total. The first-order chi connectivity index (χ1) is 25.7. The van der Waals surface area contributed by atoms with Gasteiger partial charge in [-0.25, -0.2) is 4.79 Å². The van der Waals surface area contributed by atoms with Gasteiger partial charge in [0, 0.05) is 17.7 Å². The number of fused-ring (bicyclic) bond motifs is 3. The van der Waals surface area contributed by atoms with Crippen molar-refractivity contribution in [1.29, 1.82) is 0 Å². The quantitative estimate of drug-likeness (QED) is 0.165. The number of nitrogens with zero attached hydrogens (tertiary/aromatic N) is 1. The molecule has 0 aromatic heterocycles. The standard InChI is InChI=1S/C41H50N3O8P/c1-50-32-21-22-34-29(23-32)15-12-20-37(34)51-33-24-36-38(45)43-41(53(48,49)27-28-13-6-5-7-14-28)25-30(41)16-8-3-2-4-9-19-35(39(46)44(36)26-33)42-40(47)52-31-17-10-11-18-31/h5-8,12-16,20-23,30-31,33,35-36H,2-4,9-11,17-19,24-27H2,1H3,(H,42,47)(H,43,45)(H,48,49)/t30-,33-,35+,36+,41+/m1/s1. The summed E-state index contributed by atoms with van der Waals surface area (Å²) in [4.78, 5) is 55.4. The Balaban J connectivity index is 1.19. The lowest BCUT2D eigenvalue weighted by Gasteiger charge is -2.31. The van der Waals surface area contributed by atoms with Crippen molar-refractivity contribution in [2.45, 2.75) is 106 Å². The Morgan fingerprint density at radius 2 is 1.77 bits per heavy atom. The number of rotatable bonds is 8. The minimum atomic E-state index is -4.00. The monoisotopic (exact) mass is 743 g/mol. The van der Waals surface area contributed by atoms with Crippen molar-refractivity contribution in [2.24, 2.45) is 5.92 Å². The second-order valence-electron chi connectivity index (χ2n) is 15.0. The second kappa shape index (κ2) is 15.9. The van der Waals surface area contributed by atoms with Crippen molar-refractivity contribution in [3.63, 3.8) is 0 Å². The van der Waals surface area contributed by atoms with Gasteiger partial charge in [-0.2, -0.15) is 0 Å². The zero-order chi connectivity index (χ0) is 37.0. The molecule has 0 radical (unpaired) electrons. The summed E-state index contributed by atoms with van der Waals surface area (Å²) >= 11 is 0. The normalized spacial score (nSPS) is 27.8. The van der Waals surface area contributed by atoms with Crippen LogP contribution in [0.4, 0.5) is 4.79 Å². The van der Waals surface area contributed by atoms with Crippen LogP contribution in [0.5, 0.6) is 11.5 Å². The number of benzene rings is 3. The number of methoxy groups -OCH3 is 1. The molecule has 1 unspecified atom stereocenters. The lowest BCUT2D eigenvalue weighted by atomic mass is 10.0. The minimum absolute atomic E-state index is 0.0848. The Bertz CT molecular complexity index is 1880. The predicted octanol–water partition coefficient (Wildman–Crippen LogP) is 7.06. The van der Waals surface area contributed by atoms with Gasteiger partial charge >= 0.3 is 6.09 Å². The highest BCUT2D eigenvalue weighted by atomic mass is 31.2. The topological polar surface area (TPSA) is 144 Å². The van der Waals surface area contributed by atoms with Crippen LogP contribution >= 0.6 is 7.37 Å². The van der Waals surface area contributed by atoms with E-state index in [9.17, 15) is 23.8 Å². The third-order valence-corrected chi connectivity index (χ3v) is 13.9. The summed E-state index contributed by atoms with van der Waals surface area (Å²) in [6.45, 7) is 0.0937. The molecule has 2 aliphatic carbocycles. The van der Waals surface area contributed by atoms with E-state index in [1.54, 1.807) is 7.11 Å². The molecule has 2 heterocycles. The molecule has 2 saturated carbocycles. The summed E-state index contributed by atoms with van der Waals surface area (Å²) < 4.78 is 32.0. The molecule has 3 fully saturated rings. The summed E-state index contributed by atoms with van der Waals surface area (Å²) in [6.07, 6.45) is 10.2. The van der Waals surface area contributed by atoms with Crippen molar-refractivity contribution < 1.29 is 38.1 Å². The van der Waals surface area contributed by atoms with Crippen LogP contribution in [-0.2, 0) is 25.1 Å². The maximum atomic E-state index is 14.6. The fraction of sp³-hybridized carbons (Fsp3) is 0.488. The zero-order valence-corrected chi connectivity index (χ0v) is 31.2. The van der Waals surface area contributed by atoms with Crippen LogP contribution in [0.1, 0.15) is 76.2 Å².